The van der Waals surface area contributed by atoms with Crippen LogP contribution in [0.5, 0.6) is 0 Å². The van der Waals surface area contributed by atoms with Crippen LogP contribution in [0.1, 0.15) is 19.8 Å². The van der Waals surface area contributed by atoms with Gasteiger partial charge in [0.15, 0.2) is 5.72 Å². The molecule has 4 aliphatic rings. The van der Waals surface area contributed by atoms with Gasteiger partial charge < -0.3 is 9.84 Å². The van der Waals surface area contributed by atoms with Gasteiger partial charge in [-0.15, -0.1) is 0 Å². The van der Waals surface area contributed by atoms with Crippen molar-refractivity contribution in [3.8, 4) is 0 Å². The summed E-state index contributed by atoms with van der Waals surface area (Å²) in [7, 11) is 0. The van der Waals surface area contributed by atoms with Crippen molar-refractivity contribution < 1.29 is 14.6 Å². The van der Waals surface area contributed by atoms with Gasteiger partial charge in [0.2, 0.25) is 5.91 Å². The van der Waals surface area contributed by atoms with Crippen LogP contribution in [0, 0.1) is 23.7 Å². The van der Waals surface area contributed by atoms with E-state index < -0.39 is 11.8 Å². The van der Waals surface area contributed by atoms with Crippen molar-refractivity contribution in [1.29, 1.82) is 0 Å². The van der Waals surface area contributed by atoms with Crippen LogP contribution < -0.4 is 4.90 Å². The van der Waals surface area contributed by atoms with Gasteiger partial charge in [-0.2, -0.15) is 0 Å². The van der Waals surface area contributed by atoms with E-state index >= 15 is 0 Å². The minimum Gasteiger partial charge on any atom is -0.390 e. The summed E-state index contributed by atoms with van der Waals surface area (Å²) < 4.78 is 7.39. The second-order valence-electron chi connectivity index (χ2n) is 7.04. The number of anilines is 1. The molecule has 22 heavy (non-hydrogen) atoms. The van der Waals surface area contributed by atoms with Crippen LogP contribution in [0.15, 0.2) is 28.7 Å². The van der Waals surface area contributed by atoms with Gasteiger partial charge in [-0.05, 0) is 48.9 Å². The minimum absolute atomic E-state index is 0.0673. The van der Waals surface area contributed by atoms with E-state index in [1.165, 1.54) is 0 Å². The van der Waals surface area contributed by atoms with Crippen molar-refractivity contribution in [2.75, 3.05) is 4.90 Å². The van der Waals surface area contributed by atoms with Gasteiger partial charge in [-0.25, -0.2) is 0 Å². The number of halogens is 1. The van der Waals surface area contributed by atoms with Gasteiger partial charge in [0.1, 0.15) is 0 Å². The average molecular weight is 364 g/mol. The van der Waals surface area contributed by atoms with Crippen LogP contribution in [-0.2, 0) is 9.53 Å². The Morgan fingerprint density at radius 2 is 2.09 bits per heavy atom. The molecule has 2 aliphatic carbocycles. The highest BCUT2D eigenvalue weighted by Gasteiger charge is 2.77. The average Bonchev–Trinajstić information content (AvgIpc) is 3.17. The smallest absolute Gasteiger partial charge is 0.233 e. The van der Waals surface area contributed by atoms with Gasteiger partial charge in [-0.3, -0.25) is 9.69 Å². The van der Waals surface area contributed by atoms with Crippen LogP contribution in [-0.4, -0.2) is 28.9 Å². The Morgan fingerprint density at radius 3 is 2.77 bits per heavy atom. The van der Waals surface area contributed by atoms with E-state index in [0.29, 0.717) is 5.92 Å². The van der Waals surface area contributed by atoms with Gasteiger partial charge >= 0.3 is 0 Å². The molecule has 1 N–H and O–H groups in total. The molecule has 2 heterocycles. The number of fused-ring (bicyclic) bond motifs is 2. The molecule has 5 rings (SSSR count). The molecule has 1 aromatic carbocycles. The van der Waals surface area contributed by atoms with E-state index in [9.17, 15) is 9.90 Å². The molecule has 0 aromatic heterocycles. The monoisotopic (exact) mass is 363 g/mol. The topological polar surface area (TPSA) is 49.8 Å². The number of benzene rings is 1. The summed E-state index contributed by atoms with van der Waals surface area (Å²) in [6.45, 7) is 2.09. The third-order valence-electron chi connectivity index (χ3n) is 6.39. The van der Waals surface area contributed by atoms with Crippen LogP contribution >= 0.6 is 15.9 Å². The number of aliphatic hydroxyl groups is 1. The highest BCUT2D eigenvalue weighted by molar-refractivity contribution is 9.10. The summed E-state index contributed by atoms with van der Waals surface area (Å²) in [6, 6.07) is 7.86. The van der Waals surface area contributed by atoms with Crippen molar-refractivity contribution in [2.45, 2.75) is 37.7 Å². The van der Waals surface area contributed by atoms with Gasteiger partial charge in [-0.1, -0.05) is 22.9 Å². The molecule has 5 heteroatoms. The molecule has 2 aliphatic heterocycles. The Bertz CT molecular complexity index is 662. The number of hydrogen-bond donors (Lipinski definition) is 1. The van der Waals surface area contributed by atoms with E-state index in [-0.39, 0.29) is 29.8 Å². The summed E-state index contributed by atoms with van der Waals surface area (Å²) in [5, 5.41) is 10.4. The maximum Gasteiger partial charge on any atom is 0.233 e. The molecular formula is C17H18BrNO3. The Kier molecular flexibility index (Phi) is 2.54. The maximum absolute atomic E-state index is 13.1. The predicted molar refractivity (Wildman–Crippen MR) is 84.1 cm³/mol. The number of carbonyl (C=O) groups excluding carboxylic acids is 1. The summed E-state index contributed by atoms with van der Waals surface area (Å²) in [4.78, 5) is 15.0. The first-order valence-corrected chi connectivity index (χ1v) is 8.83. The molecule has 116 valence electrons. The first-order valence-electron chi connectivity index (χ1n) is 8.04. The molecule has 2 saturated carbocycles. The number of amides is 1. The van der Waals surface area contributed by atoms with E-state index in [1.54, 1.807) is 0 Å². The second-order valence-corrected chi connectivity index (χ2v) is 7.95. The molecule has 2 bridgehead atoms. The van der Waals surface area contributed by atoms with Crippen molar-refractivity contribution in [1.82, 2.24) is 0 Å². The van der Waals surface area contributed by atoms with Crippen LogP contribution in [0.2, 0.25) is 0 Å². The summed E-state index contributed by atoms with van der Waals surface area (Å²) >= 11 is 3.45. The zero-order valence-electron chi connectivity index (χ0n) is 12.3. The molecule has 4 fully saturated rings. The molecule has 2 saturated heterocycles. The lowest BCUT2D eigenvalue weighted by Crippen LogP contribution is -2.50. The third kappa shape index (κ3) is 1.31. The van der Waals surface area contributed by atoms with Crippen molar-refractivity contribution in [3.05, 3.63) is 28.7 Å². The molecular weight excluding hydrogens is 346 g/mol. The van der Waals surface area contributed by atoms with Crippen LogP contribution in [0.25, 0.3) is 0 Å². The van der Waals surface area contributed by atoms with E-state index in [2.05, 4.69) is 22.9 Å². The Balaban J connectivity index is 1.66. The fourth-order valence-corrected chi connectivity index (χ4v) is 5.97. The van der Waals surface area contributed by atoms with Crippen LogP contribution in [0.4, 0.5) is 5.69 Å². The zero-order chi connectivity index (χ0) is 15.2. The fourth-order valence-electron chi connectivity index (χ4n) is 5.70. The molecule has 0 radical (unpaired) electrons. The summed E-state index contributed by atoms with van der Waals surface area (Å²) in [6.07, 6.45) is 1.17. The van der Waals surface area contributed by atoms with Crippen LogP contribution in [0.3, 0.4) is 0 Å². The molecule has 7 atom stereocenters. The van der Waals surface area contributed by atoms with Crippen molar-refractivity contribution in [2.24, 2.45) is 23.7 Å². The first-order chi connectivity index (χ1) is 10.6. The number of carbonyl (C=O) groups is 1. The minimum atomic E-state index is -0.558. The van der Waals surface area contributed by atoms with E-state index in [4.69, 9.17) is 4.74 Å². The largest absolute Gasteiger partial charge is 0.390 e. The number of nitrogens with zero attached hydrogens (tertiary/aromatic N) is 1. The fraction of sp³-hybridized carbons (Fsp3) is 0.588. The lowest BCUT2D eigenvalue weighted by Gasteiger charge is -2.38. The SMILES string of the molecule is CCC12OC3C(O)C4CC3C1C4C(=O)N2c1ccc(Br)cc1. The standard InChI is InChI=1S/C17H18BrNO3/c1-2-17-13-11-7-10(14(20)15(11)22-17)12(13)16(21)19(17)9-5-3-8(18)4-6-9/h3-6,10-15,20H,2,7H2,1H3. The van der Waals surface area contributed by atoms with Crippen molar-refractivity contribution >= 4 is 27.5 Å². The lowest BCUT2D eigenvalue weighted by atomic mass is 9.76. The molecule has 1 aromatic rings. The maximum atomic E-state index is 13.1. The van der Waals surface area contributed by atoms with Gasteiger partial charge in [0, 0.05) is 16.1 Å². The molecule has 7 unspecified atom stereocenters. The Morgan fingerprint density at radius 1 is 1.36 bits per heavy atom. The number of aliphatic hydroxyl groups excluding tert-OH is 1. The predicted octanol–water partition coefficient (Wildman–Crippen LogP) is 2.54. The van der Waals surface area contributed by atoms with Gasteiger partial charge in [0.25, 0.3) is 0 Å². The lowest BCUT2D eigenvalue weighted by molar-refractivity contribution is -0.133. The number of ether oxygens (including phenoxy) is 1. The second kappa shape index (κ2) is 4.13. The molecule has 0 spiro atoms. The number of rotatable bonds is 2. The Hall–Kier alpha value is -0.910. The first kappa shape index (κ1) is 13.5. The quantitative estimate of drug-likeness (QED) is 0.878. The summed E-state index contributed by atoms with van der Waals surface area (Å²) in [5.74, 6) is 0.740. The highest BCUT2D eigenvalue weighted by Crippen LogP contribution is 2.68. The third-order valence-corrected chi connectivity index (χ3v) is 6.92. The zero-order valence-corrected chi connectivity index (χ0v) is 13.9. The molecule has 4 nitrogen and oxygen atoms in total. The summed E-state index contributed by atoms with van der Waals surface area (Å²) in [5.41, 5.74) is 0.343. The normalized spacial score (nSPS) is 47.8. The van der Waals surface area contributed by atoms with Gasteiger partial charge in [0.05, 0.1) is 18.1 Å². The van der Waals surface area contributed by atoms with E-state index in [1.807, 2.05) is 29.2 Å². The number of hydrogen-bond acceptors (Lipinski definition) is 3. The highest BCUT2D eigenvalue weighted by atomic mass is 79.9. The van der Waals surface area contributed by atoms with Crippen molar-refractivity contribution in [3.63, 3.8) is 0 Å². The van der Waals surface area contributed by atoms with E-state index in [0.717, 1.165) is 23.0 Å². The molecule has 1 amide bonds. The Labute approximate surface area is 137 Å².